The molecule has 1 N–H and O–H groups in total. The Bertz CT molecular complexity index is 1000. The van der Waals surface area contributed by atoms with E-state index in [4.69, 9.17) is 4.74 Å². The van der Waals surface area contributed by atoms with Crippen LogP contribution in [0.15, 0.2) is 84.9 Å². The molecule has 5 heteroatoms. The Hall–Kier alpha value is -3.60. The Labute approximate surface area is 196 Å². The lowest BCUT2D eigenvalue weighted by Gasteiger charge is -2.31. The van der Waals surface area contributed by atoms with E-state index in [1.165, 1.54) is 0 Å². The summed E-state index contributed by atoms with van der Waals surface area (Å²) in [4.78, 5) is 28.0. The largest absolute Gasteiger partial charge is 0.494 e. The molecular formula is C28H32N2O3. The number of likely N-dealkylation sites (N-methyl/N-ethyl adjacent to an activating group) is 1. The number of rotatable bonds is 11. The van der Waals surface area contributed by atoms with Crippen molar-refractivity contribution < 1.29 is 14.3 Å². The maximum Gasteiger partial charge on any atom is 0.242 e. The van der Waals surface area contributed by atoms with Crippen LogP contribution in [0.25, 0.3) is 0 Å². The maximum atomic E-state index is 13.4. The van der Waals surface area contributed by atoms with Crippen molar-refractivity contribution in [1.29, 1.82) is 0 Å². The fraction of sp³-hybridized carbons (Fsp3) is 0.286. The molecule has 3 aromatic rings. The van der Waals surface area contributed by atoms with E-state index in [9.17, 15) is 9.59 Å². The van der Waals surface area contributed by atoms with Crippen LogP contribution in [0.1, 0.15) is 29.5 Å². The first-order valence-corrected chi connectivity index (χ1v) is 11.3. The highest BCUT2D eigenvalue weighted by Crippen LogP contribution is 2.17. The monoisotopic (exact) mass is 444 g/mol. The first-order valence-electron chi connectivity index (χ1n) is 11.3. The molecule has 2 amide bonds. The zero-order valence-electron chi connectivity index (χ0n) is 19.4. The molecule has 3 rings (SSSR count). The third kappa shape index (κ3) is 7.49. The fourth-order valence-corrected chi connectivity index (χ4v) is 3.68. The van der Waals surface area contributed by atoms with Gasteiger partial charge in [-0.3, -0.25) is 9.59 Å². The second kappa shape index (κ2) is 12.4. The minimum absolute atomic E-state index is 0.0585. The molecule has 0 bridgehead atoms. The van der Waals surface area contributed by atoms with E-state index in [0.29, 0.717) is 32.4 Å². The summed E-state index contributed by atoms with van der Waals surface area (Å²) >= 11 is 0. The van der Waals surface area contributed by atoms with Crippen molar-refractivity contribution in [2.45, 2.75) is 38.8 Å². The summed E-state index contributed by atoms with van der Waals surface area (Å²) in [5.41, 5.74) is 3.17. The van der Waals surface area contributed by atoms with Crippen LogP contribution in [0, 0.1) is 6.92 Å². The number of hydrogen-bond acceptors (Lipinski definition) is 3. The average molecular weight is 445 g/mol. The van der Waals surface area contributed by atoms with Crippen molar-refractivity contribution in [3.05, 3.63) is 102 Å². The number of para-hydroxylation sites is 1. The van der Waals surface area contributed by atoms with E-state index in [0.717, 1.165) is 22.4 Å². The summed E-state index contributed by atoms with van der Waals surface area (Å²) in [6.45, 7) is 2.85. The number of carbonyl (C=O) groups is 2. The zero-order valence-corrected chi connectivity index (χ0v) is 19.4. The maximum absolute atomic E-state index is 13.4. The predicted octanol–water partition coefficient (Wildman–Crippen LogP) is 4.54. The van der Waals surface area contributed by atoms with Gasteiger partial charge >= 0.3 is 0 Å². The second-order valence-corrected chi connectivity index (χ2v) is 8.09. The van der Waals surface area contributed by atoms with Crippen molar-refractivity contribution in [2.75, 3.05) is 13.7 Å². The summed E-state index contributed by atoms with van der Waals surface area (Å²) in [5, 5.41) is 2.75. The molecular weight excluding hydrogens is 412 g/mol. The molecule has 0 aliphatic carbocycles. The van der Waals surface area contributed by atoms with E-state index in [1.807, 2.05) is 91.9 Å². The van der Waals surface area contributed by atoms with Crippen molar-refractivity contribution in [3.8, 4) is 5.75 Å². The van der Waals surface area contributed by atoms with Gasteiger partial charge in [0.25, 0.3) is 0 Å². The number of benzene rings is 3. The molecule has 0 aromatic heterocycles. The zero-order chi connectivity index (χ0) is 23.5. The van der Waals surface area contributed by atoms with Crippen LogP contribution in [-0.2, 0) is 22.6 Å². The number of carbonyl (C=O) groups excluding carboxylic acids is 2. The lowest BCUT2D eigenvalue weighted by molar-refractivity contribution is -0.141. The molecule has 1 atom stereocenters. The smallest absolute Gasteiger partial charge is 0.242 e. The molecule has 0 fully saturated rings. The Balaban J connectivity index is 1.74. The quantitative estimate of drug-likeness (QED) is 0.442. The summed E-state index contributed by atoms with van der Waals surface area (Å²) < 4.78 is 5.74. The molecule has 0 spiro atoms. The minimum Gasteiger partial charge on any atom is -0.494 e. The van der Waals surface area contributed by atoms with E-state index < -0.39 is 6.04 Å². The van der Waals surface area contributed by atoms with Gasteiger partial charge in [0, 0.05) is 26.4 Å². The lowest BCUT2D eigenvalue weighted by Crippen LogP contribution is -2.49. The number of amides is 2. The van der Waals surface area contributed by atoms with Gasteiger partial charge in [-0.2, -0.15) is 0 Å². The third-order valence-electron chi connectivity index (χ3n) is 5.54. The van der Waals surface area contributed by atoms with Crippen LogP contribution in [0.3, 0.4) is 0 Å². The summed E-state index contributed by atoms with van der Waals surface area (Å²) in [7, 11) is 1.61. The molecule has 0 heterocycles. The van der Waals surface area contributed by atoms with Crippen LogP contribution >= 0.6 is 0 Å². The molecule has 0 aliphatic rings. The van der Waals surface area contributed by atoms with Gasteiger partial charge in [0.1, 0.15) is 11.8 Å². The van der Waals surface area contributed by atoms with Crippen molar-refractivity contribution >= 4 is 11.8 Å². The first-order chi connectivity index (χ1) is 16.1. The minimum atomic E-state index is -0.596. The number of nitrogens with zero attached hydrogens (tertiary/aromatic N) is 1. The molecule has 172 valence electrons. The van der Waals surface area contributed by atoms with Gasteiger partial charge in [0.2, 0.25) is 11.8 Å². The summed E-state index contributed by atoms with van der Waals surface area (Å²) in [5.74, 6) is 0.561. The lowest BCUT2D eigenvalue weighted by atomic mass is 10.0. The van der Waals surface area contributed by atoms with Crippen LogP contribution in [0.2, 0.25) is 0 Å². The van der Waals surface area contributed by atoms with Gasteiger partial charge in [-0.05, 0) is 36.6 Å². The topological polar surface area (TPSA) is 58.6 Å². The van der Waals surface area contributed by atoms with Crippen molar-refractivity contribution in [3.63, 3.8) is 0 Å². The van der Waals surface area contributed by atoms with Gasteiger partial charge in [-0.15, -0.1) is 0 Å². The van der Waals surface area contributed by atoms with Crippen molar-refractivity contribution in [2.24, 2.45) is 0 Å². The molecule has 0 radical (unpaired) electrons. The van der Waals surface area contributed by atoms with Gasteiger partial charge in [0.15, 0.2) is 0 Å². The SMILES string of the molecule is CNC(=O)C(Cc1ccccc1)N(Cc1ccc(C)cc1)C(=O)CCCOc1ccccc1. The Morgan fingerprint density at radius 1 is 0.879 bits per heavy atom. The van der Waals surface area contributed by atoms with Gasteiger partial charge in [0.05, 0.1) is 6.61 Å². The number of nitrogens with one attached hydrogen (secondary N) is 1. The van der Waals surface area contributed by atoms with E-state index >= 15 is 0 Å². The fourth-order valence-electron chi connectivity index (χ4n) is 3.68. The highest BCUT2D eigenvalue weighted by atomic mass is 16.5. The van der Waals surface area contributed by atoms with Gasteiger partial charge < -0.3 is 15.0 Å². The number of ether oxygens (including phenoxy) is 1. The van der Waals surface area contributed by atoms with Crippen LogP contribution in [0.5, 0.6) is 5.75 Å². The second-order valence-electron chi connectivity index (χ2n) is 8.09. The Morgan fingerprint density at radius 3 is 2.15 bits per heavy atom. The number of hydrogen-bond donors (Lipinski definition) is 1. The molecule has 0 saturated heterocycles. The Morgan fingerprint density at radius 2 is 1.52 bits per heavy atom. The van der Waals surface area contributed by atoms with Crippen LogP contribution in [0.4, 0.5) is 0 Å². The highest BCUT2D eigenvalue weighted by Gasteiger charge is 2.29. The molecule has 1 unspecified atom stereocenters. The molecule has 3 aromatic carbocycles. The van der Waals surface area contributed by atoms with E-state index in [-0.39, 0.29) is 11.8 Å². The predicted molar refractivity (Wildman–Crippen MR) is 131 cm³/mol. The number of aryl methyl sites for hydroxylation is 1. The first kappa shape index (κ1) is 24.1. The van der Waals surface area contributed by atoms with E-state index in [2.05, 4.69) is 5.32 Å². The summed E-state index contributed by atoms with van der Waals surface area (Å²) in [6.07, 6.45) is 1.34. The van der Waals surface area contributed by atoms with Crippen molar-refractivity contribution in [1.82, 2.24) is 10.2 Å². The van der Waals surface area contributed by atoms with Gasteiger partial charge in [-0.1, -0.05) is 78.4 Å². The highest BCUT2D eigenvalue weighted by molar-refractivity contribution is 5.87. The van der Waals surface area contributed by atoms with Gasteiger partial charge in [-0.25, -0.2) is 0 Å². The van der Waals surface area contributed by atoms with Crippen LogP contribution in [-0.4, -0.2) is 36.4 Å². The third-order valence-corrected chi connectivity index (χ3v) is 5.54. The molecule has 0 aliphatic heterocycles. The van der Waals surface area contributed by atoms with E-state index in [1.54, 1.807) is 11.9 Å². The summed E-state index contributed by atoms with van der Waals surface area (Å²) in [6, 6.07) is 26.8. The molecule has 0 saturated carbocycles. The average Bonchev–Trinajstić information content (AvgIpc) is 2.86. The standard InChI is InChI=1S/C28H32N2O3/c1-22-15-17-24(18-16-22)21-30(26(28(32)29-2)20-23-10-5-3-6-11-23)27(31)14-9-19-33-25-12-7-4-8-13-25/h3-8,10-13,15-18,26H,9,14,19-21H2,1-2H3,(H,29,32). The normalized spacial score (nSPS) is 11.5. The molecule has 33 heavy (non-hydrogen) atoms. The van der Waals surface area contributed by atoms with Crippen LogP contribution < -0.4 is 10.1 Å². The molecule has 5 nitrogen and oxygen atoms in total. The Kier molecular flexibility index (Phi) is 9.07.